The van der Waals surface area contributed by atoms with Crippen LogP contribution < -0.4 is 10.6 Å². The van der Waals surface area contributed by atoms with Crippen molar-refractivity contribution in [1.29, 1.82) is 0 Å². The first kappa shape index (κ1) is 11.3. The number of anilines is 1. The van der Waals surface area contributed by atoms with Crippen LogP contribution in [0.25, 0.3) is 0 Å². The van der Waals surface area contributed by atoms with Gasteiger partial charge in [0.2, 0.25) is 5.91 Å². The Morgan fingerprint density at radius 2 is 2.35 bits per heavy atom. The Balaban J connectivity index is 2.22. The summed E-state index contributed by atoms with van der Waals surface area (Å²) in [4.78, 5) is 27.0. The van der Waals surface area contributed by atoms with E-state index in [1.54, 1.807) is 11.0 Å². The van der Waals surface area contributed by atoms with E-state index in [4.69, 9.17) is 5.73 Å². The van der Waals surface area contributed by atoms with E-state index in [1.807, 2.05) is 0 Å². The first-order chi connectivity index (χ1) is 8.09. The lowest BCUT2D eigenvalue weighted by Crippen LogP contribution is -2.40. The molecule has 1 aliphatic heterocycles. The number of nitro groups is 1. The SMILES string of the molecule is NC(=O)C1CCCN1c1ccc([N+](=O)[O-])cn1. The molecule has 0 bridgehead atoms. The summed E-state index contributed by atoms with van der Waals surface area (Å²) in [5.74, 6) is 0.166. The summed E-state index contributed by atoms with van der Waals surface area (Å²) in [6, 6.07) is 2.56. The van der Waals surface area contributed by atoms with Crippen LogP contribution in [-0.4, -0.2) is 28.4 Å². The second-order valence-corrected chi connectivity index (χ2v) is 3.89. The van der Waals surface area contributed by atoms with E-state index in [1.165, 1.54) is 12.3 Å². The van der Waals surface area contributed by atoms with Crippen LogP contribution in [0.2, 0.25) is 0 Å². The summed E-state index contributed by atoms with van der Waals surface area (Å²) in [5.41, 5.74) is 5.22. The molecule has 2 N–H and O–H groups in total. The molecule has 0 radical (unpaired) electrons. The van der Waals surface area contributed by atoms with Crippen molar-refractivity contribution in [3.8, 4) is 0 Å². The minimum absolute atomic E-state index is 0.0661. The predicted octanol–water partition coefficient (Wildman–Crippen LogP) is 0.444. The predicted molar refractivity (Wildman–Crippen MR) is 60.5 cm³/mol. The van der Waals surface area contributed by atoms with E-state index in [-0.39, 0.29) is 17.6 Å². The molecule has 2 heterocycles. The molecule has 17 heavy (non-hydrogen) atoms. The number of amides is 1. The Labute approximate surface area is 97.4 Å². The monoisotopic (exact) mass is 236 g/mol. The zero-order valence-electron chi connectivity index (χ0n) is 9.07. The van der Waals surface area contributed by atoms with Gasteiger partial charge in [0.15, 0.2) is 0 Å². The van der Waals surface area contributed by atoms with E-state index in [0.29, 0.717) is 18.8 Å². The number of nitrogens with zero attached hydrogens (tertiary/aromatic N) is 3. The van der Waals surface area contributed by atoms with Gasteiger partial charge in [0.25, 0.3) is 5.69 Å². The number of rotatable bonds is 3. The van der Waals surface area contributed by atoms with Gasteiger partial charge in [-0.3, -0.25) is 14.9 Å². The molecule has 0 aromatic carbocycles. The largest absolute Gasteiger partial charge is 0.368 e. The van der Waals surface area contributed by atoms with Gasteiger partial charge in [-0.1, -0.05) is 0 Å². The number of hydrogen-bond acceptors (Lipinski definition) is 5. The first-order valence-electron chi connectivity index (χ1n) is 5.26. The van der Waals surface area contributed by atoms with Crippen molar-refractivity contribution in [2.45, 2.75) is 18.9 Å². The molecule has 1 atom stereocenters. The average Bonchev–Trinajstić information content (AvgIpc) is 2.78. The summed E-state index contributed by atoms with van der Waals surface area (Å²) in [6.07, 6.45) is 2.76. The van der Waals surface area contributed by atoms with Gasteiger partial charge in [0.05, 0.1) is 4.92 Å². The first-order valence-corrected chi connectivity index (χ1v) is 5.26. The third kappa shape index (κ3) is 2.17. The lowest BCUT2D eigenvalue weighted by Gasteiger charge is -2.22. The van der Waals surface area contributed by atoms with E-state index in [9.17, 15) is 14.9 Å². The highest BCUT2D eigenvalue weighted by atomic mass is 16.6. The Morgan fingerprint density at radius 3 is 2.88 bits per heavy atom. The minimum atomic E-state index is -0.508. The Hall–Kier alpha value is -2.18. The number of aromatic nitrogens is 1. The zero-order valence-corrected chi connectivity index (χ0v) is 9.07. The zero-order chi connectivity index (χ0) is 12.4. The van der Waals surface area contributed by atoms with Crippen molar-refractivity contribution in [3.05, 3.63) is 28.4 Å². The van der Waals surface area contributed by atoms with Gasteiger partial charge < -0.3 is 10.6 Å². The van der Waals surface area contributed by atoms with E-state index in [2.05, 4.69) is 4.98 Å². The molecule has 7 nitrogen and oxygen atoms in total. The van der Waals surface area contributed by atoms with Crippen LogP contribution in [0.15, 0.2) is 18.3 Å². The van der Waals surface area contributed by atoms with Gasteiger partial charge in [0.1, 0.15) is 18.1 Å². The maximum atomic E-state index is 11.2. The quantitative estimate of drug-likeness (QED) is 0.606. The maximum absolute atomic E-state index is 11.2. The minimum Gasteiger partial charge on any atom is -0.368 e. The summed E-state index contributed by atoms with van der Waals surface area (Å²) in [6.45, 7) is 0.693. The van der Waals surface area contributed by atoms with Crippen LogP contribution in [0.5, 0.6) is 0 Å². The number of primary amides is 1. The lowest BCUT2D eigenvalue weighted by molar-refractivity contribution is -0.385. The molecular weight excluding hydrogens is 224 g/mol. The lowest BCUT2D eigenvalue weighted by atomic mass is 10.2. The van der Waals surface area contributed by atoms with Crippen LogP contribution in [-0.2, 0) is 4.79 Å². The highest BCUT2D eigenvalue weighted by Gasteiger charge is 2.30. The second kappa shape index (κ2) is 4.36. The molecule has 7 heteroatoms. The van der Waals surface area contributed by atoms with E-state index < -0.39 is 4.92 Å². The van der Waals surface area contributed by atoms with Crippen molar-refractivity contribution in [2.24, 2.45) is 5.73 Å². The molecule has 2 rings (SSSR count). The van der Waals surface area contributed by atoms with Crippen molar-refractivity contribution >= 4 is 17.4 Å². The average molecular weight is 236 g/mol. The molecule has 0 aliphatic carbocycles. The standard InChI is InChI=1S/C10H12N4O3/c11-10(15)8-2-1-5-13(8)9-4-3-7(6-12-9)14(16)17/h3-4,6,8H,1-2,5H2,(H2,11,15). The molecule has 1 fully saturated rings. The van der Waals surface area contributed by atoms with Crippen molar-refractivity contribution in [2.75, 3.05) is 11.4 Å². The molecule has 1 amide bonds. The fourth-order valence-electron chi connectivity index (χ4n) is 1.99. The van der Waals surface area contributed by atoms with Crippen molar-refractivity contribution < 1.29 is 9.72 Å². The summed E-state index contributed by atoms with van der Waals surface area (Å²) >= 11 is 0. The van der Waals surface area contributed by atoms with Crippen LogP contribution in [0.3, 0.4) is 0 Å². The summed E-state index contributed by atoms with van der Waals surface area (Å²) in [5, 5.41) is 10.5. The molecule has 0 spiro atoms. The van der Waals surface area contributed by atoms with Gasteiger partial charge in [0, 0.05) is 12.6 Å². The highest BCUT2D eigenvalue weighted by Crippen LogP contribution is 2.24. The molecule has 1 unspecified atom stereocenters. The molecular formula is C10H12N4O3. The van der Waals surface area contributed by atoms with Crippen molar-refractivity contribution in [3.63, 3.8) is 0 Å². The molecule has 1 aromatic heterocycles. The Kier molecular flexibility index (Phi) is 2.90. The van der Waals surface area contributed by atoms with Gasteiger partial charge in [-0.15, -0.1) is 0 Å². The van der Waals surface area contributed by atoms with Gasteiger partial charge in [-0.2, -0.15) is 0 Å². The highest BCUT2D eigenvalue weighted by molar-refractivity contribution is 5.83. The molecule has 1 saturated heterocycles. The normalized spacial score (nSPS) is 19.3. The molecule has 1 aromatic rings. The third-order valence-electron chi connectivity index (χ3n) is 2.82. The topological polar surface area (TPSA) is 102 Å². The Morgan fingerprint density at radius 1 is 1.59 bits per heavy atom. The van der Waals surface area contributed by atoms with Crippen LogP contribution in [0.1, 0.15) is 12.8 Å². The summed E-state index contributed by atoms with van der Waals surface area (Å²) in [7, 11) is 0. The van der Waals surface area contributed by atoms with Crippen LogP contribution in [0, 0.1) is 10.1 Å². The van der Waals surface area contributed by atoms with E-state index >= 15 is 0 Å². The second-order valence-electron chi connectivity index (χ2n) is 3.89. The third-order valence-corrected chi connectivity index (χ3v) is 2.82. The number of nitrogens with two attached hydrogens (primary N) is 1. The number of carbonyl (C=O) groups is 1. The fraction of sp³-hybridized carbons (Fsp3) is 0.400. The van der Waals surface area contributed by atoms with Crippen LogP contribution >= 0.6 is 0 Å². The molecule has 0 saturated carbocycles. The number of carbonyl (C=O) groups excluding carboxylic acids is 1. The Bertz CT molecular complexity index is 445. The van der Waals surface area contributed by atoms with Gasteiger partial charge in [-0.25, -0.2) is 4.98 Å². The number of hydrogen-bond donors (Lipinski definition) is 1. The molecule has 90 valence electrons. The van der Waals surface area contributed by atoms with E-state index in [0.717, 1.165) is 6.42 Å². The maximum Gasteiger partial charge on any atom is 0.287 e. The fourth-order valence-corrected chi connectivity index (χ4v) is 1.99. The molecule has 1 aliphatic rings. The van der Waals surface area contributed by atoms with Crippen molar-refractivity contribution in [1.82, 2.24) is 4.98 Å². The summed E-state index contributed by atoms with van der Waals surface area (Å²) < 4.78 is 0. The number of pyridine rings is 1. The van der Waals surface area contributed by atoms with Crippen LogP contribution in [0.4, 0.5) is 11.5 Å². The smallest absolute Gasteiger partial charge is 0.287 e. The van der Waals surface area contributed by atoms with Gasteiger partial charge in [-0.05, 0) is 18.9 Å². The van der Waals surface area contributed by atoms with Gasteiger partial charge >= 0.3 is 0 Å².